The molecular formula is C14H12ClN2O+. The van der Waals surface area contributed by atoms with Crippen molar-refractivity contribution in [3.05, 3.63) is 46.5 Å². The molecule has 0 amide bonds. The lowest BCUT2D eigenvalue weighted by molar-refractivity contribution is 0.467. The van der Waals surface area contributed by atoms with E-state index < -0.39 is 0 Å². The van der Waals surface area contributed by atoms with Crippen molar-refractivity contribution in [3.8, 4) is 5.75 Å². The van der Waals surface area contributed by atoms with Gasteiger partial charge in [-0.05, 0) is 41.8 Å². The molecule has 1 aliphatic rings. The third-order valence-electron chi connectivity index (χ3n) is 3.03. The molecule has 18 heavy (non-hydrogen) atoms. The van der Waals surface area contributed by atoms with Crippen LogP contribution in [0.3, 0.4) is 0 Å². The van der Waals surface area contributed by atoms with Crippen molar-refractivity contribution < 1.29 is 5.11 Å². The van der Waals surface area contributed by atoms with Gasteiger partial charge in [0, 0.05) is 22.3 Å². The standard InChI is InChI=1S/C14H11ClN2O/c1-8-5-9(2)14(18)13(6-8)17-12-4-3-10(15)7-11(12)16-17/h3-7H,1-2H3/p+1. The fraction of sp³-hybridized carbons (Fsp3) is 0.143. The van der Waals surface area contributed by atoms with Gasteiger partial charge in [-0.1, -0.05) is 17.7 Å². The molecule has 0 saturated heterocycles. The summed E-state index contributed by atoms with van der Waals surface area (Å²) in [6.07, 6.45) is 0. The van der Waals surface area contributed by atoms with Gasteiger partial charge < -0.3 is 5.11 Å². The number of aryl methyl sites for hydroxylation is 2. The zero-order valence-electron chi connectivity index (χ0n) is 10.1. The lowest BCUT2D eigenvalue weighted by atomic mass is 10.1. The minimum Gasteiger partial charge on any atom is -0.502 e. The lowest BCUT2D eigenvalue weighted by Crippen LogP contribution is -2.08. The summed E-state index contributed by atoms with van der Waals surface area (Å²) in [7, 11) is 0. The van der Waals surface area contributed by atoms with E-state index in [2.05, 4.69) is 5.11 Å². The summed E-state index contributed by atoms with van der Waals surface area (Å²) in [5, 5.41) is 15.1. The number of azo groups is 2. The normalized spacial score (nSPS) is 12.7. The minimum absolute atomic E-state index is 0.268. The number of fused-ring (bicyclic) bond motifs is 1. The zero-order chi connectivity index (χ0) is 12.9. The first-order valence-electron chi connectivity index (χ1n) is 5.68. The minimum atomic E-state index is 0.268. The van der Waals surface area contributed by atoms with Crippen LogP contribution in [0.5, 0.6) is 5.75 Å². The molecule has 90 valence electrons. The second kappa shape index (κ2) is 3.82. The van der Waals surface area contributed by atoms with Crippen LogP contribution in [0.2, 0.25) is 5.02 Å². The molecular weight excluding hydrogens is 248 g/mol. The molecule has 2 aromatic carbocycles. The highest BCUT2D eigenvalue weighted by molar-refractivity contribution is 6.31. The number of benzene rings is 2. The number of rotatable bonds is 1. The Balaban J connectivity index is 2.12. The second-order valence-corrected chi connectivity index (χ2v) is 4.93. The highest BCUT2D eigenvalue weighted by atomic mass is 35.5. The maximum Gasteiger partial charge on any atom is 0.280 e. The molecule has 0 unspecified atom stereocenters. The number of halogens is 1. The molecule has 1 aliphatic heterocycles. The molecule has 2 aromatic rings. The summed E-state index contributed by atoms with van der Waals surface area (Å²) < 4.78 is 1.74. The van der Waals surface area contributed by atoms with Crippen LogP contribution < -0.4 is 4.70 Å². The van der Waals surface area contributed by atoms with Crippen LogP contribution >= 0.6 is 11.6 Å². The van der Waals surface area contributed by atoms with Gasteiger partial charge in [-0.25, -0.2) is 0 Å². The smallest absolute Gasteiger partial charge is 0.280 e. The van der Waals surface area contributed by atoms with Gasteiger partial charge in [0.1, 0.15) is 0 Å². The Labute approximate surface area is 110 Å². The van der Waals surface area contributed by atoms with E-state index in [1.807, 2.05) is 44.2 Å². The van der Waals surface area contributed by atoms with Crippen molar-refractivity contribution in [2.24, 2.45) is 5.11 Å². The van der Waals surface area contributed by atoms with Gasteiger partial charge in [0.2, 0.25) is 5.69 Å². The fourth-order valence-corrected chi connectivity index (χ4v) is 2.32. The number of hydrogen-bond acceptors (Lipinski definition) is 2. The topological polar surface area (TPSA) is 35.6 Å². The van der Waals surface area contributed by atoms with Crippen LogP contribution in [-0.4, -0.2) is 5.11 Å². The summed E-state index contributed by atoms with van der Waals surface area (Å²) in [6, 6.07) is 9.40. The van der Waals surface area contributed by atoms with E-state index >= 15 is 0 Å². The summed E-state index contributed by atoms with van der Waals surface area (Å²) in [4.78, 5) is 0. The maximum atomic E-state index is 10.1. The first-order valence-corrected chi connectivity index (χ1v) is 6.05. The molecule has 0 atom stereocenters. The van der Waals surface area contributed by atoms with Crippen molar-refractivity contribution in [1.82, 2.24) is 4.70 Å². The predicted molar refractivity (Wildman–Crippen MR) is 72.6 cm³/mol. The van der Waals surface area contributed by atoms with Crippen LogP contribution in [0.15, 0.2) is 35.4 Å². The Morgan fingerprint density at radius 3 is 2.61 bits per heavy atom. The van der Waals surface area contributed by atoms with Gasteiger partial charge >= 0.3 is 0 Å². The van der Waals surface area contributed by atoms with Crippen molar-refractivity contribution in [2.75, 3.05) is 0 Å². The summed E-state index contributed by atoms with van der Waals surface area (Å²) >= 11 is 5.90. The molecule has 1 heterocycles. The number of nitrogens with zero attached hydrogens (tertiary/aromatic N) is 2. The Kier molecular flexibility index (Phi) is 2.38. The van der Waals surface area contributed by atoms with E-state index in [1.54, 1.807) is 4.70 Å². The SMILES string of the molecule is Cc1cc(C)c(O)c([N+]2=Nc3cc(Cl)ccc32)c1. The van der Waals surface area contributed by atoms with E-state index in [9.17, 15) is 5.11 Å². The molecule has 3 rings (SSSR count). The molecule has 3 nitrogen and oxygen atoms in total. The molecule has 0 fully saturated rings. The Hall–Kier alpha value is -1.87. The molecule has 4 heteroatoms. The van der Waals surface area contributed by atoms with Gasteiger partial charge in [0.05, 0.1) is 0 Å². The summed E-state index contributed by atoms with van der Waals surface area (Å²) in [6.45, 7) is 3.88. The van der Waals surface area contributed by atoms with Crippen LogP contribution in [-0.2, 0) is 0 Å². The van der Waals surface area contributed by atoms with E-state index in [-0.39, 0.29) is 5.75 Å². The van der Waals surface area contributed by atoms with E-state index in [0.29, 0.717) is 10.7 Å². The van der Waals surface area contributed by atoms with Crippen molar-refractivity contribution in [3.63, 3.8) is 0 Å². The first-order chi connectivity index (χ1) is 8.56. The largest absolute Gasteiger partial charge is 0.502 e. The van der Waals surface area contributed by atoms with Gasteiger partial charge in [-0.3, -0.25) is 0 Å². The monoisotopic (exact) mass is 259 g/mol. The molecule has 0 aromatic heterocycles. The molecule has 0 spiro atoms. The van der Waals surface area contributed by atoms with Crippen LogP contribution in [0, 0.1) is 13.8 Å². The number of phenols is 1. The maximum absolute atomic E-state index is 10.1. The van der Waals surface area contributed by atoms with Gasteiger partial charge in [0.25, 0.3) is 11.4 Å². The summed E-state index contributed by atoms with van der Waals surface area (Å²) in [5.74, 6) is 0.268. The number of hydrogen-bond donors (Lipinski definition) is 1. The van der Waals surface area contributed by atoms with Crippen molar-refractivity contribution >= 4 is 28.7 Å². The summed E-state index contributed by atoms with van der Waals surface area (Å²) in [5.41, 5.74) is 4.46. The molecule has 0 radical (unpaired) electrons. The molecule has 1 N–H and O–H groups in total. The third-order valence-corrected chi connectivity index (χ3v) is 3.26. The Morgan fingerprint density at radius 1 is 1.11 bits per heavy atom. The van der Waals surface area contributed by atoms with Crippen LogP contribution in [0.1, 0.15) is 11.1 Å². The predicted octanol–water partition coefficient (Wildman–Crippen LogP) is 4.59. The van der Waals surface area contributed by atoms with Gasteiger partial charge in [0.15, 0.2) is 5.75 Å². The van der Waals surface area contributed by atoms with Crippen molar-refractivity contribution in [2.45, 2.75) is 13.8 Å². The lowest BCUT2D eigenvalue weighted by Gasteiger charge is -2.11. The fourth-order valence-electron chi connectivity index (χ4n) is 2.16. The Bertz CT molecular complexity index is 692. The highest BCUT2D eigenvalue weighted by Gasteiger charge is 2.33. The molecule has 0 aliphatic carbocycles. The number of aromatic hydroxyl groups is 1. The van der Waals surface area contributed by atoms with Crippen LogP contribution in [0.25, 0.3) is 0 Å². The third kappa shape index (κ3) is 1.59. The molecule has 0 bridgehead atoms. The van der Waals surface area contributed by atoms with Gasteiger partial charge in [-0.2, -0.15) is 0 Å². The Morgan fingerprint density at radius 2 is 1.89 bits per heavy atom. The van der Waals surface area contributed by atoms with E-state index in [1.165, 1.54) is 0 Å². The van der Waals surface area contributed by atoms with E-state index in [4.69, 9.17) is 11.6 Å². The second-order valence-electron chi connectivity index (χ2n) is 4.49. The molecule has 0 saturated carbocycles. The van der Waals surface area contributed by atoms with E-state index in [0.717, 1.165) is 22.5 Å². The quantitative estimate of drug-likeness (QED) is 0.637. The average Bonchev–Trinajstić information content (AvgIpc) is 2.28. The van der Waals surface area contributed by atoms with Gasteiger partial charge in [-0.15, -0.1) is 0 Å². The highest BCUT2D eigenvalue weighted by Crippen LogP contribution is 2.44. The number of phenolic OH excluding ortho intramolecular Hbond substituents is 1. The average molecular weight is 260 g/mol. The van der Waals surface area contributed by atoms with Crippen LogP contribution in [0.4, 0.5) is 17.1 Å². The zero-order valence-corrected chi connectivity index (χ0v) is 10.9. The van der Waals surface area contributed by atoms with Crippen molar-refractivity contribution in [1.29, 1.82) is 0 Å². The first kappa shape index (κ1) is 11.2.